The summed E-state index contributed by atoms with van der Waals surface area (Å²) in [6.07, 6.45) is 15.4. The minimum absolute atomic E-state index is 0.774. The highest BCUT2D eigenvalue weighted by Crippen LogP contribution is 2.12. The zero-order valence-corrected chi connectivity index (χ0v) is 11.9. The lowest BCUT2D eigenvalue weighted by molar-refractivity contribution is 0.444. The Balaban J connectivity index is 3.20. The van der Waals surface area contributed by atoms with Gasteiger partial charge in [-0.3, -0.25) is 0 Å². The molecule has 0 heterocycles. The van der Waals surface area contributed by atoms with Crippen LogP contribution in [0.2, 0.25) is 0 Å². The molecule has 0 aliphatic heterocycles. The average molecular weight is 227 g/mol. The highest BCUT2D eigenvalue weighted by Gasteiger charge is 2.04. The zero-order valence-electron chi connectivity index (χ0n) is 11.9. The van der Waals surface area contributed by atoms with E-state index in [0.29, 0.717) is 0 Å². The Morgan fingerprint density at radius 2 is 1.19 bits per heavy atom. The van der Waals surface area contributed by atoms with Crippen molar-refractivity contribution >= 4 is 0 Å². The van der Waals surface area contributed by atoms with Crippen LogP contribution in [-0.4, -0.2) is 13.1 Å². The number of hydrogen-bond acceptors (Lipinski definition) is 1. The van der Waals surface area contributed by atoms with E-state index in [0.717, 1.165) is 6.04 Å². The normalized spacial score (nSPS) is 12.9. The molecule has 0 aliphatic carbocycles. The molecule has 0 amide bonds. The van der Waals surface area contributed by atoms with Gasteiger partial charge in [-0.25, -0.2) is 0 Å². The molecule has 98 valence electrons. The zero-order chi connectivity index (χ0) is 12.1. The predicted octanol–water partition coefficient (Wildman–Crippen LogP) is 4.91. The van der Waals surface area contributed by atoms with Gasteiger partial charge in [0.15, 0.2) is 0 Å². The molecule has 0 fully saturated rings. The molecule has 0 aromatic rings. The maximum atomic E-state index is 3.45. The average Bonchev–Trinajstić information content (AvgIpc) is 2.32. The molecule has 1 atom stereocenters. The summed E-state index contributed by atoms with van der Waals surface area (Å²) in [6, 6.07) is 0.774. The molecule has 0 saturated carbocycles. The third-order valence-corrected chi connectivity index (χ3v) is 3.47. The van der Waals surface area contributed by atoms with Crippen LogP contribution >= 0.6 is 0 Å². The summed E-state index contributed by atoms with van der Waals surface area (Å²) >= 11 is 0. The van der Waals surface area contributed by atoms with Crippen molar-refractivity contribution in [1.82, 2.24) is 5.32 Å². The fourth-order valence-corrected chi connectivity index (χ4v) is 2.23. The van der Waals surface area contributed by atoms with Gasteiger partial charge in [-0.15, -0.1) is 0 Å². The van der Waals surface area contributed by atoms with Crippen LogP contribution in [0.3, 0.4) is 0 Å². The molecule has 0 bridgehead atoms. The monoisotopic (exact) mass is 227 g/mol. The maximum absolute atomic E-state index is 3.45. The van der Waals surface area contributed by atoms with Crippen LogP contribution < -0.4 is 5.32 Å². The van der Waals surface area contributed by atoms with E-state index in [1.807, 2.05) is 0 Å². The Bertz CT molecular complexity index is 123. The fraction of sp³-hybridized carbons (Fsp3) is 1.00. The lowest BCUT2D eigenvalue weighted by Gasteiger charge is -2.15. The summed E-state index contributed by atoms with van der Waals surface area (Å²) < 4.78 is 0. The molecule has 1 nitrogen and oxygen atoms in total. The second-order valence-electron chi connectivity index (χ2n) is 5.04. The lowest BCUT2D eigenvalue weighted by Crippen LogP contribution is -2.24. The molecule has 0 radical (unpaired) electrons. The van der Waals surface area contributed by atoms with Gasteiger partial charge in [-0.05, 0) is 19.9 Å². The van der Waals surface area contributed by atoms with Crippen LogP contribution in [0.15, 0.2) is 0 Å². The van der Waals surface area contributed by atoms with Gasteiger partial charge in [-0.1, -0.05) is 71.6 Å². The van der Waals surface area contributed by atoms with E-state index in [1.165, 1.54) is 70.6 Å². The number of hydrogen-bond donors (Lipinski definition) is 1. The summed E-state index contributed by atoms with van der Waals surface area (Å²) in [6.45, 7) is 4.56. The Labute approximate surface area is 103 Å². The highest BCUT2D eigenvalue weighted by atomic mass is 14.9. The molecule has 16 heavy (non-hydrogen) atoms. The van der Waals surface area contributed by atoms with Crippen molar-refractivity contribution in [3.8, 4) is 0 Å². The third kappa shape index (κ3) is 10.5. The van der Waals surface area contributed by atoms with Crippen LogP contribution in [0.1, 0.15) is 84.5 Å². The Hall–Kier alpha value is -0.0400. The highest BCUT2D eigenvalue weighted by molar-refractivity contribution is 4.64. The van der Waals surface area contributed by atoms with Crippen molar-refractivity contribution in [1.29, 1.82) is 0 Å². The number of unbranched alkanes of at least 4 members (excludes halogenated alkanes) is 7. The first-order valence-corrected chi connectivity index (χ1v) is 7.52. The van der Waals surface area contributed by atoms with E-state index in [-0.39, 0.29) is 0 Å². The number of rotatable bonds is 12. The lowest BCUT2D eigenvalue weighted by atomic mass is 10.0. The fourth-order valence-electron chi connectivity index (χ4n) is 2.23. The first kappa shape index (κ1) is 16.0. The third-order valence-electron chi connectivity index (χ3n) is 3.47. The van der Waals surface area contributed by atoms with Gasteiger partial charge >= 0.3 is 0 Å². The minimum Gasteiger partial charge on any atom is -0.317 e. The van der Waals surface area contributed by atoms with Crippen LogP contribution in [0.5, 0.6) is 0 Å². The summed E-state index contributed by atoms with van der Waals surface area (Å²) in [5, 5.41) is 3.45. The quantitative estimate of drug-likeness (QED) is 0.467. The second-order valence-corrected chi connectivity index (χ2v) is 5.04. The smallest absolute Gasteiger partial charge is 0.00640 e. The van der Waals surface area contributed by atoms with E-state index < -0.39 is 0 Å². The molecule has 1 N–H and O–H groups in total. The topological polar surface area (TPSA) is 12.0 Å². The summed E-state index contributed by atoms with van der Waals surface area (Å²) in [7, 11) is 2.11. The van der Waals surface area contributed by atoms with Gasteiger partial charge < -0.3 is 5.32 Å². The Morgan fingerprint density at radius 3 is 1.75 bits per heavy atom. The molecule has 0 aromatic heterocycles. The van der Waals surface area contributed by atoms with E-state index in [1.54, 1.807) is 0 Å². The SMILES string of the molecule is CCCCCCCCCC(CCCC)NC. The van der Waals surface area contributed by atoms with Crippen molar-refractivity contribution in [3.63, 3.8) is 0 Å². The molecular weight excluding hydrogens is 194 g/mol. The van der Waals surface area contributed by atoms with Crippen molar-refractivity contribution in [2.75, 3.05) is 7.05 Å². The second kappa shape index (κ2) is 13.0. The van der Waals surface area contributed by atoms with E-state index in [4.69, 9.17) is 0 Å². The van der Waals surface area contributed by atoms with Crippen molar-refractivity contribution in [3.05, 3.63) is 0 Å². The van der Waals surface area contributed by atoms with Crippen LogP contribution in [-0.2, 0) is 0 Å². The number of nitrogens with one attached hydrogen (secondary N) is 1. The van der Waals surface area contributed by atoms with Crippen LogP contribution in [0.4, 0.5) is 0 Å². The summed E-state index contributed by atoms with van der Waals surface area (Å²) in [5.74, 6) is 0. The molecule has 0 rings (SSSR count). The summed E-state index contributed by atoms with van der Waals surface area (Å²) in [4.78, 5) is 0. The van der Waals surface area contributed by atoms with Crippen LogP contribution in [0, 0.1) is 0 Å². The van der Waals surface area contributed by atoms with Gasteiger partial charge in [0, 0.05) is 6.04 Å². The van der Waals surface area contributed by atoms with Gasteiger partial charge in [0.1, 0.15) is 0 Å². The Kier molecular flexibility index (Phi) is 13.0. The molecular formula is C15H33N. The molecule has 0 saturated heterocycles. The Morgan fingerprint density at radius 1 is 0.688 bits per heavy atom. The standard InChI is InChI=1S/C15H33N/c1-4-6-8-9-10-11-12-14-15(16-3)13-7-5-2/h15-16H,4-14H2,1-3H3. The molecule has 0 aliphatic rings. The first-order chi connectivity index (χ1) is 7.85. The molecule has 1 unspecified atom stereocenters. The summed E-state index contributed by atoms with van der Waals surface area (Å²) in [5.41, 5.74) is 0. The van der Waals surface area contributed by atoms with Gasteiger partial charge in [-0.2, -0.15) is 0 Å². The van der Waals surface area contributed by atoms with Crippen molar-refractivity contribution < 1.29 is 0 Å². The van der Waals surface area contributed by atoms with Crippen molar-refractivity contribution in [2.24, 2.45) is 0 Å². The van der Waals surface area contributed by atoms with Gasteiger partial charge in [0.25, 0.3) is 0 Å². The van der Waals surface area contributed by atoms with E-state index >= 15 is 0 Å². The molecule has 0 spiro atoms. The maximum Gasteiger partial charge on any atom is 0.00640 e. The van der Waals surface area contributed by atoms with Crippen LogP contribution in [0.25, 0.3) is 0 Å². The minimum atomic E-state index is 0.774. The van der Waals surface area contributed by atoms with E-state index in [2.05, 4.69) is 26.2 Å². The first-order valence-electron chi connectivity index (χ1n) is 7.52. The largest absolute Gasteiger partial charge is 0.317 e. The predicted molar refractivity (Wildman–Crippen MR) is 75.0 cm³/mol. The van der Waals surface area contributed by atoms with E-state index in [9.17, 15) is 0 Å². The molecule has 1 heteroatoms. The molecule has 0 aromatic carbocycles. The van der Waals surface area contributed by atoms with Crippen molar-refractivity contribution in [2.45, 2.75) is 90.5 Å². The van der Waals surface area contributed by atoms with Gasteiger partial charge in [0.2, 0.25) is 0 Å². The van der Waals surface area contributed by atoms with Gasteiger partial charge in [0.05, 0.1) is 0 Å².